The molecule has 0 spiro atoms. The minimum Gasteiger partial charge on any atom is -0.466 e. The number of non-ortho nitro benzene ring substituents is 1. The van der Waals surface area contributed by atoms with Gasteiger partial charge in [0.15, 0.2) is 0 Å². The maximum atomic E-state index is 12.5. The number of nitrogens with zero attached hydrogens (tertiary/aromatic N) is 2. The molecule has 122 valence electrons. The zero-order chi connectivity index (χ0) is 16.9. The summed E-state index contributed by atoms with van der Waals surface area (Å²) in [4.78, 5) is 24.1. The number of hydrogen-bond acceptors (Lipinski definition) is 4. The smallest absolute Gasteiger partial charge is 0.269 e. The van der Waals surface area contributed by atoms with Gasteiger partial charge in [0.25, 0.3) is 11.6 Å². The lowest BCUT2D eigenvalue weighted by Gasteiger charge is -2.21. The van der Waals surface area contributed by atoms with Crippen LogP contribution in [-0.4, -0.2) is 15.7 Å². The number of amides is 1. The Balaban J connectivity index is 1.72. The summed E-state index contributed by atoms with van der Waals surface area (Å²) in [5.41, 5.74) is 1.59. The lowest BCUT2D eigenvalue weighted by Crippen LogP contribution is -2.23. The highest BCUT2D eigenvalue weighted by Crippen LogP contribution is 2.24. The summed E-state index contributed by atoms with van der Waals surface area (Å²) in [5.74, 6) is 0.425. The molecular formula is C18H16N2O4. The van der Waals surface area contributed by atoms with Gasteiger partial charge in [-0.3, -0.25) is 19.8 Å². The SMILES string of the molecule is O=C(c1ccc([N+](=O)[O-])cc1)N1C=COC(CC2=CC=CCC2)=C1. The first-order valence-corrected chi connectivity index (χ1v) is 7.59. The van der Waals surface area contributed by atoms with Gasteiger partial charge in [0, 0.05) is 30.3 Å². The molecule has 1 aliphatic carbocycles. The Kier molecular flexibility index (Phi) is 4.56. The van der Waals surface area contributed by atoms with Crippen LogP contribution in [0.3, 0.4) is 0 Å². The molecule has 0 saturated carbocycles. The molecule has 2 aliphatic rings. The summed E-state index contributed by atoms with van der Waals surface area (Å²) in [5, 5.41) is 10.7. The average molecular weight is 324 g/mol. The summed E-state index contributed by atoms with van der Waals surface area (Å²) in [6.45, 7) is 0. The molecule has 1 amide bonds. The molecule has 0 radical (unpaired) electrons. The minimum atomic E-state index is -0.493. The van der Waals surface area contributed by atoms with E-state index in [1.54, 1.807) is 6.20 Å². The molecule has 1 aromatic rings. The molecule has 0 atom stereocenters. The zero-order valence-electron chi connectivity index (χ0n) is 12.9. The fraction of sp³-hybridized carbons (Fsp3) is 0.167. The largest absolute Gasteiger partial charge is 0.466 e. The molecule has 0 saturated heterocycles. The first-order chi connectivity index (χ1) is 11.6. The molecule has 1 heterocycles. The number of benzene rings is 1. The number of ether oxygens (including phenoxy) is 1. The quantitative estimate of drug-likeness (QED) is 0.619. The highest BCUT2D eigenvalue weighted by Gasteiger charge is 2.18. The van der Waals surface area contributed by atoms with E-state index in [1.165, 1.54) is 47.2 Å². The number of carbonyl (C=O) groups is 1. The minimum absolute atomic E-state index is 0.0439. The van der Waals surface area contributed by atoms with Crippen LogP contribution in [0.4, 0.5) is 5.69 Å². The molecule has 1 aliphatic heterocycles. The van der Waals surface area contributed by atoms with Crippen molar-refractivity contribution in [3.05, 3.63) is 88.2 Å². The predicted molar refractivity (Wildman–Crippen MR) is 88.6 cm³/mol. The molecule has 0 fully saturated rings. The van der Waals surface area contributed by atoms with Crippen molar-refractivity contribution < 1.29 is 14.5 Å². The molecule has 24 heavy (non-hydrogen) atoms. The van der Waals surface area contributed by atoms with Crippen molar-refractivity contribution in [1.82, 2.24) is 4.90 Å². The number of hydrogen-bond donors (Lipinski definition) is 0. The van der Waals surface area contributed by atoms with E-state index in [0.717, 1.165) is 12.8 Å². The molecule has 3 rings (SSSR count). The maximum Gasteiger partial charge on any atom is 0.269 e. The van der Waals surface area contributed by atoms with E-state index in [9.17, 15) is 14.9 Å². The van der Waals surface area contributed by atoms with Crippen LogP contribution in [0.25, 0.3) is 0 Å². The predicted octanol–water partition coefficient (Wildman–Crippen LogP) is 4.05. The Labute approximate surface area is 139 Å². The molecule has 6 nitrogen and oxygen atoms in total. The summed E-state index contributed by atoms with van der Waals surface area (Å²) in [6, 6.07) is 5.54. The van der Waals surface area contributed by atoms with E-state index < -0.39 is 4.92 Å². The molecule has 1 aromatic carbocycles. The molecule has 0 N–H and O–H groups in total. The topological polar surface area (TPSA) is 72.7 Å². The second kappa shape index (κ2) is 6.95. The van der Waals surface area contributed by atoms with Gasteiger partial charge in [0.05, 0.1) is 11.1 Å². The van der Waals surface area contributed by atoms with Gasteiger partial charge < -0.3 is 4.74 Å². The van der Waals surface area contributed by atoms with E-state index in [0.29, 0.717) is 17.7 Å². The van der Waals surface area contributed by atoms with Gasteiger partial charge in [0.2, 0.25) is 0 Å². The summed E-state index contributed by atoms with van der Waals surface area (Å²) >= 11 is 0. The van der Waals surface area contributed by atoms with Crippen LogP contribution in [-0.2, 0) is 4.74 Å². The van der Waals surface area contributed by atoms with E-state index >= 15 is 0 Å². The lowest BCUT2D eigenvalue weighted by atomic mass is 10.0. The normalized spacial score (nSPS) is 16.2. The monoisotopic (exact) mass is 324 g/mol. The Bertz CT molecular complexity index is 773. The van der Waals surface area contributed by atoms with Crippen LogP contribution in [0.1, 0.15) is 29.6 Å². The van der Waals surface area contributed by atoms with Crippen molar-refractivity contribution in [3.63, 3.8) is 0 Å². The summed E-state index contributed by atoms with van der Waals surface area (Å²) in [7, 11) is 0. The van der Waals surface area contributed by atoms with Crippen LogP contribution in [0.5, 0.6) is 0 Å². The summed E-state index contributed by atoms with van der Waals surface area (Å²) < 4.78 is 5.48. The van der Waals surface area contributed by atoms with E-state index in [2.05, 4.69) is 12.2 Å². The van der Waals surface area contributed by atoms with Crippen LogP contribution < -0.4 is 0 Å². The Hall–Kier alpha value is -3.15. The third-order valence-corrected chi connectivity index (χ3v) is 3.78. The molecule has 0 unspecified atom stereocenters. The number of allylic oxidation sites excluding steroid dienone is 4. The van der Waals surface area contributed by atoms with Crippen molar-refractivity contribution in [3.8, 4) is 0 Å². The third kappa shape index (κ3) is 3.60. The zero-order valence-corrected chi connectivity index (χ0v) is 12.9. The lowest BCUT2D eigenvalue weighted by molar-refractivity contribution is -0.384. The second-order valence-electron chi connectivity index (χ2n) is 5.48. The van der Waals surface area contributed by atoms with E-state index in [4.69, 9.17) is 4.74 Å². The van der Waals surface area contributed by atoms with Crippen LogP contribution in [0, 0.1) is 10.1 Å². The number of rotatable bonds is 4. The van der Waals surface area contributed by atoms with Crippen molar-refractivity contribution in [2.75, 3.05) is 0 Å². The number of carbonyl (C=O) groups excluding carboxylic acids is 1. The highest BCUT2D eigenvalue weighted by molar-refractivity contribution is 5.95. The van der Waals surface area contributed by atoms with Gasteiger partial charge in [-0.25, -0.2) is 0 Å². The molecule has 6 heteroatoms. The third-order valence-electron chi connectivity index (χ3n) is 3.78. The second-order valence-corrected chi connectivity index (χ2v) is 5.48. The van der Waals surface area contributed by atoms with Crippen LogP contribution >= 0.6 is 0 Å². The van der Waals surface area contributed by atoms with Gasteiger partial charge in [-0.05, 0) is 25.0 Å². The van der Waals surface area contributed by atoms with Gasteiger partial charge >= 0.3 is 0 Å². The van der Waals surface area contributed by atoms with Crippen molar-refractivity contribution in [1.29, 1.82) is 0 Å². The van der Waals surface area contributed by atoms with Crippen LogP contribution in [0.2, 0.25) is 0 Å². The number of nitro groups is 1. The van der Waals surface area contributed by atoms with Crippen LogP contribution in [0.15, 0.2) is 72.5 Å². The van der Waals surface area contributed by atoms with Gasteiger partial charge in [-0.1, -0.05) is 23.8 Å². The van der Waals surface area contributed by atoms with Gasteiger partial charge in [-0.2, -0.15) is 0 Å². The van der Waals surface area contributed by atoms with Gasteiger partial charge in [0.1, 0.15) is 12.0 Å². The van der Waals surface area contributed by atoms with Crippen molar-refractivity contribution >= 4 is 11.6 Å². The fourth-order valence-electron chi connectivity index (χ4n) is 2.52. The first kappa shape index (κ1) is 15.7. The highest BCUT2D eigenvalue weighted by atomic mass is 16.6. The van der Waals surface area contributed by atoms with Crippen molar-refractivity contribution in [2.24, 2.45) is 0 Å². The Morgan fingerprint density at radius 2 is 2.08 bits per heavy atom. The fourth-order valence-corrected chi connectivity index (χ4v) is 2.52. The molecule has 0 bridgehead atoms. The van der Waals surface area contributed by atoms with E-state index in [1.807, 2.05) is 6.08 Å². The molecule has 0 aromatic heterocycles. The van der Waals surface area contributed by atoms with E-state index in [-0.39, 0.29) is 11.6 Å². The van der Waals surface area contributed by atoms with Gasteiger partial charge in [-0.15, -0.1) is 0 Å². The Morgan fingerprint density at radius 3 is 2.75 bits per heavy atom. The molecular weight excluding hydrogens is 308 g/mol. The standard InChI is InChI=1S/C18H16N2O4/c21-18(15-6-8-16(9-7-15)20(22)23)19-10-11-24-17(13-19)12-14-4-2-1-3-5-14/h1-2,4,6-11,13H,3,5,12H2. The number of nitro benzene ring substituents is 1. The average Bonchev–Trinajstić information content (AvgIpc) is 2.62. The summed E-state index contributed by atoms with van der Waals surface area (Å²) in [6.07, 6.45) is 13.5. The van der Waals surface area contributed by atoms with Crippen molar-refractivity contribution in [2.45, 2.75) is 19.3 Å². The maximum absolute atomic E-state index is 12.5. The first-order valence-electron chi connectivity index (χ1n) is 7.59. The Morgan fingerprint density at radius 1 is 1.29 bits per heavy atom.